The lowest BCUT2D eigenvalue weighted by molar-refractivity contribution is 0.264. The normalized spacial score (nSPS) is 24.8. The smallest absolute Gasteiger partial charge is 0.194 e. The molecule has 2 N–H and O–H groups in total. The third-order valence-corrected chi connectivity index (χ3v) is 5.30. The molecule has 4 rings (SSSR count). The third-order valence-electron chi connectivity index (χ3n) is 4.72. The number of nitrogens with zero attached hydrogens (tertiary/aromatic N) is 2. The molecule has 2 atom stereocenters. The minimum atomic E-state index is -0.420. The quantitative estimate of drug-likeness (QED) is 0.805. The van der Waals surface area contributed by atoms with Crippen molar-refractivity contribution >= 4 is 40.3 Å². The fourth-order valence-corrected chi connectivity index (χ4v) is 4.08. The van der Waals surface area contributed by atoms with E-state index in [0.29, 0.717) is 10.2 Å². The Hall–Kier alpha value is -2.38. The first-order valence-corrected chi connectivity index (χ1v) is 8.78. The summed E-state index contributed by atoms with van der Waals surface area (Å²) in [6, 6.07) is 18.0. The van der Waals surface area contributed by atoms with E-state index in [0.717, 1.165) is 17.0 Å². The number of methoxy groups -OCH3 is 1. The summed E-state index contributed by atoms with van der Waals surface area (Å²) in [5.74, 6) is 0.825. The van der Waals surface area contributed by atoms with Gasteiger partial charge in [-0.05, 0) is 61.2 Å². The predicted octanol–water partition coefficient (Wildman–Crippen LogP) is 2.74. The van der Waals surface area contributed by atoms with E-state index in [1.807, 2.05) is 64.6 Å². The molecule has 0 saturated carbocycles. The molecule has 2 fully saturated rings. The molecule has 0 radical (unpaired) electrons. The van der Waals surface area contributed by atoms with E-state index in [9.17, 15) is 0 Å². The topological polar surface area (TPSA) is 39.8 Å². The fourth-order valence-electron chi connectivity index (χ4n) is 3.38. The van der Waals surface area contributed by atoms with Crippen LogP contribution in [-0.2, 0) is 5.54 Å². The largest absolute Gasteiger partial charge is 0.497 e. The zero-order valence-electron chi connectivity index (χ0n) is 13.9. The molecule has 128 valence electrons. The zero-order valence-corrected chi connectivity index (χ0v) is 15.5. The van der Waals surface area contributed by atoms with Crippen LogP contribution in [0.25, 0.3) is 0 Å². The Bertz CT molecular complexity index is 827. The maximum absolute atomic E-state index is 5.63. The molecule has 0 unspecified atom stereocenters. The zero-order chi connectivity index (χ0) is 17.6. The van der Waals surface area contributed by atoms with Crippen molar-refractivity contribution in [3.05, 3.63) is 60.2 Å². The van der Waals surface area contributed by atoms with Gasteiger partial charge in [0.05, 0.1) is 12.8 Å². The van der Waals surface area contributed by atoms with Gasteiger partial charge in [0.15, 0.2) is 16.4 Å². The lowest BCUT2D eigenvalue weighted by Gasteiger charge is -2.31. The summed E-state index contributed by atoms with van der Waals surface area (Å²) in [6.07, 6.45) is -0.110. The molecule has 0 bridgehead atoms. The standard InChI is InChI=1S/C18H18N4OS2/c1-18(12-8-10-14(23-2)11-9-12)15-19-16(24)21(22(15)17(25)20-18)13-6-4-3-5-7-13/h3-11,15H,1-2H3,(H,19,24)(H,20,25)/t15-,18-/m0/s1. The first-order chi connectivity index (χ1) is 12.0. The number of benzene rings is 2. The van der Waals surface area contributed by atoms with Gasteiger partial charge in [0.1, 0.15) is 11.3 Å². The Morgan fingerprint density at radius 3 is 2.32 bits per heavy atom. The number of para-hydroxylation sites is 1. The molecule has 2 aliphatic heterocycles. The van der Waals surface area contributed by atoms with Crippen LogP contribution in [0.5, 0.6) is 5.75 Å². The number of hydrogen-bond donors (Lipinski definition) is 2. The van der Waals surface area contributed by atoms with E-state index in [1.54, 1.807) is 7.11 Å². The van der Waals surface area contributed by atoms with Crippen molar-refractivity contribution < 1.29 is 4.74 Å². The van der Waals surface area contributed by atoms with Crippen LogP contribution in [0.3, 0.4) is 0 Å². The van der Waals surface area contributed by atoms with Crippen LogP contribution in [0, 0.1) is 0 Å². The minimum Gasteiger partial charge on any atom is -0.497 e. The highest BCUT2D eigenvalue weighted by Crippen LogP contribution is 2.38. The molecule has 2 aromatic rings. The van der Waals surface area contributed by atoms with Gasteiger partial charge in [0, 0.05) is 0 Å². The Labute approximate surface area is 157 Å². The predicted molar refractivity (Wildman–Crippen MR) is 106 cm³/mol. The van der Waals surface area contributed by atoms with Crippen LogP contribution in [0.2, 0.25) is 0 Å². The Morgan fingerprint density at radius 1 is 1.00 bits per heavy atom. The van der Waals surface area contributed by atoms with Crippen LogP contribution < -0.4 is 20.4 Å². The highest BCUT2D eigenvalue weighted by Gasteiger charge is 2.55. The van der Waals surface area contributed by atoms with E-state index in [1.165, 1.54) is 0 Å². The summed E-state index contributed by atoms with van der Waals surface area (Å²) >= 11 is 11.2. The number of thiocarbonyl (C=S) groups is 2. The summed E-state index contributed by atoms with van der Waals surface area (Å²) in [6.45, 7) is 2.12. The summed E-state index contributed by atoms with van der Waals surface area (Å²) < 4.78 is 5.26. The average Bonchev–Trinajstić information content (AvgIpc) is 3.11. The van der Waals surface area contributed by atoms with Gasteiger partial charge in [-0.15, -0.1) is 0 Å². The summed E-state index contributed by atoms with van der Waals surface area (Å²) in [7, 11) is 1.66. The van der Waals surface area contributed by atoms with E-state index in [4.69, 9.17) is 29.2 Å². The molecular weight excluding hydrogens is 352 g/mol. The van der Waals surface area contributed by atoms with Crippen molar-refractivity contribution in [1.82, 2.24) is 15.6 Å². The highest BCUT2D eigenvalue weighted by atomic mass is 32.1. The van der Waals surface area contributed by atoms with Crippen LogP contribution >= 0.6 is 24.4 Å². The van der Waals surface area contributed by atoms with Gasteiger partial charge < -0.3 is 15.4 Å². The average molecular weight is 371 g/mol. The van der Waals surface area contributed by atoms with Crippen molar-refractivity contribution in [3.8, 4) is 5.75 Å². The molecule has 0 aromatic heterocycles. The van der Waals surface area contributed by atoms with Gasteiger partial charge in [-0.25, -0.2) is 10.0 Å². The van der Waals surface area contributed by atoms with Gasteiger partial charge in [-0.2, -0.15) is 0 Å². The molecule has 0 amide bonds. The molecule has 5 nitrogen and oxygen atoms in total. The van der Waals surface area contributed by atoms with Gasteiger partial charge in [-0.1, -0.05) is 30.3 Å². The Morgan fingerprint density at radius 2 is 1.68 bits per heavy atom. The first kappa shape index (κ1) is 16.1. The highest BCUT2D eigenvalue weighted by molar-refractivity contribution is 7.81. The maximum atomic E-state index is 5.63. The molecule has 2 aliphatic rings. The van der Waals surface area contributed by atoms with Crippen LogP contribution in [0.15, 0.2) is 54.6 Å². The summed E-state index contributed by atoms with van der Waals surface area (Å²) in [5.41, 5.74) is 1.66. The summed E-state index contributed by atoms with van der Waals surface area (Å²) in [4.78, 5) is 0. The third kappa shape index (κ3) is 2.42. The van der Waals surface area contributed by atoms with E-state index in [-0.39, 0.29) is 6.17 Å². The Balaban J connectivity index is 1.72. The number of anilines is 1. The Kier molecular flexibility index (Phi) is 3.77. The monoisotopic (exact) mass is 370 g/mol. The van der Waals surface area contributed by atoms with E-state index < -0.39 is 5.54 Å². The molecule has 2 heterocycles. The number of nitrogens with one attached hydrogen (secondary N) is 2. The molecule has 2 aromatic carbocycles. The number of hydrogen-bond acceptors (Lipinski definition) is 3. The second kappa shape index (κ2) is 5.86. The second-order valence-electron chi connectivity index (χ2n) is 6.20. The molecular formula is C18H18N4OS2. The van der Waals surface area contributed by atoms with Crippen molar-refractivity contribution in [3.63, 3.8) is 0 Å². The number of rotatable bonds is 3. The van der Waals surface area contributed by atoms with Crippen molar-refractivity contribution in [2.75, 3.05) is 12.1 Å². The molecule has 25 heavy (non-hydrogen) atoms. The van der Waals surface area contributed by atoms with Crippen LogP contribution in [-0.4, -0.2) is 28.5 Å². The van der Waals surface area contributed by atoms with Gasteiger partial charge in [0.25, 0.3) is 0 Å². The van der Waals surface area contributed by atoms with E-state index >= 15 is 0 Å². The summed E-state index contributed by atoms with van der Waals surface area (Å²) in [5, 5.41) is 12.1. The van der Waals surface area contributed by atoms with Crippen LogP contribution in [0.1, 0.15) is 12.5 Å². The minimum absolute atomic E-state index is 0.110. The second-order valence-corrected chi connectivity index (χ2v) is 6.98. The van der Waals surface area contributed by atoms with Gasteiger partial charge in [0.2, 0.25) is 0 Å². The van der Waals surface area contributed by atoms with Crippen molar-refractivity contribution in [1.29, 1.82) is 0 Å². The number of ether oxygens (including phenoxy) is 1. The first-order valence-electron chi connectivity index (χ1n) is 7.96. The fraction of sp³-hybridized carbons (Fsp3) is 0.222. The molecule has 7 heteroatoms. The van der Waals surface area contributed by atoms with Gasteiger partial charge in [-0.3, -0.25) is 0 Å². The number of hydrazine groups is 1. The van der Waals surface area contributed by atoms with Crippen molar-refractivity contribution in [2.45, 2.75) is 18.6 Å². The maximum Gasteiger partial charge on any atom is 0.194 e. The van der Waals surface area contributed by atoms with E-state index in [2.05, 4.69) is 17.6 Å². The molecule has 0 aliphatic carbocycles. The molecule has 0 spiro atoms. The SMILES string of the molecule is COc1ccc([C@]2(C)NC(=S)N3[C@@H]2NC(=S)N3c2ccccc2)cc1. The van der Waals surface area contributed by atoms with Crippen molar-refractivity contribution in [2.24, 2.45) is 0 Å². The van der Waals surface area contributed by atoms with Crippen LogP contribution in [0.4, 0.5) is 5.69 Å². The molecule has 2 saturated heterocycles. The lowest BCUT2D eigenvalue weighted by atomic mass is 9.90. The van der Waals surface area contributed by atoms with Gasteiger partial charge >= 0.3 is 0 Å². The lowest BCUT2D eigenvalue weighted by Crippen LogP contribution is -2.49. The number of fused-ring (bicyclic) bond motifs is 1.